The van der Waals surface area contributed by atoms with Crippen LogP contribution in [0.3, 0.4) is 0 Å². The number of aliphatic hydroxyl groups excluding tert-OH is 1. The van der Waals surface area contributed by atoms with Gasteiger partial charge in [-0.1, -0.05) is 12.1 Å². The van der Waals surface area contributed by atoms with Gasteiger partial charge in [0.25, 0.3) is 0 Å². The van der Waals surface area contributed by atoms with E-state index in [1.54, 1.807) is 6.07 Å². The number of halogens is 1. The first kappa shape index (κ1) is 8.51. The molecule has 1 aromatic rings. The van der Waals surface area contributed by atoms with Crippen molar-refractivity contribution in [2.75, 3.05) is 11.9 Å². The number of hydrogen-bond donors (Lipinski definition) is 2. The normalized spacial score (nSPS) is 20.6. The summed E-state index contributed by atoms with van der Waals surface area (Å²) in [6.45, 7) is 0.0633. The molecule has 0 bridgehead atoms. The molecular weight excluding hydrogens is 169 g/mol. The molecule has 0 saturated carbocycles. The molecule has 0 aromatic heterocycles. The summed E-state index contributed by atoms with van der Waals surface area (Å²) in [7, 11) is 0. The third-order valence-electron chi connectivity index (χ3n) is 2.43. The molecule has 1 aliphatic heterocycles. The number of nitrogens with one attached hydrogen (secondary N) is 1. The van der Waals surface area contributed by atoms with Gasteiger partial charge in [0.1, 0.15) is 5.82 Å². The number of hydrogen-bond acceptors (Lipinski definition) is 2. The van der Waals surface area contributed by atoms with Crippen LogP contribution >= 0.6 is 0 Å². The van der Waals surface area contributed by atoms with Gasteiger partial charge in [0.2, 0.25) is 0 Å². The van der Waals surface area contributed by atoms with Gasteiger partial charge in [-0.05, 0) is 24.5 Å². The predicted octanol–water partition coefficient (Wildman–Crippen LogP) is 1.54. The van der Waals surface area contributed by atoms with Gasteiger partial charge < -0.3 is 10.4 Å². The molecule has 2 rings (SSSR count). The molecule has 13 heavy (non-hydrogen) atoms. The lowest BCUT2D eigenvalue weighted by Crippen LogP contribution is -2.29. The highest BCUT2D eigenvalue weighted by Gasteiger charge is 2.18. The highest BCUT2D eigenvalue weighted by molar-refractivity contribution is 5.54. The largest absolute Gasteiger partial charge is 0.394 e. The lowest BCUT2D eigenvalue weighted by molar-refractivity contribution is 0.266. The monoisotopic (exact) mass is 181 g/mol. The van der Waals surface area contributed by atoms with Gasteiger partial charge in [-0.3, -0.25) is 0 Å². The highest BCUT2D eigenvalue weighted by Crippen LogP contribution is 2.26. The average molecular weight is 181 g/mol. The molecule has 70 valence electrons. The molecule has 1 aromatic carbocycles. The number of anilines is 1. The van der Waals surface area contributed by atoms with Gasteiger partial charge >= 0.3 is 0 Å². The van der Waals surface area contributed by atoms with Crippen LogP contribution in [0.2, 0.25) is 0 Å². The maximum atomic E-state index is 13.2. The van der Waals surface area contributed by atoms with E-state index in [2.05, 4.69) is 5.32 Å². The molecule has 1 aliphatic rings. The standard InChI is InChI=1S/C10H12FNO/c11-9-3-1-2-7-4-5-8(6-13)12-10(7)9/h1-3,8,12-13H,4-6H2/t8-/m0/s1. The molecule has 1 heterocycles. The Morgan fingerprint density at radius 2 is 2.38 bits per heavy atom. The van der Waals surface area contributed by atoms with Crippen LogP contribution in [0.4, 0.5) is 10.1 Å². The van der Waals surface area contributed by atoms with Crippen molar-refractivity contribution in [3.8, 4) is 0 Å². The summed E-state index contributed by atoms with van der Waals surface area (Å²) in [5.41, 5.74) is 1.57. The molecule has 0 saturated heterocycles. The second kappa shape index (κ2) is 3.34. The van der Waals surface area contributed by atoms with Crippen LogP contribution in [0.5, 0.6) is 0 Å². The van der Waals surface area contributed by atoms with E-state index in [0.29, 0.717) is 5.69 Å². The number of benzene rings is 1. The topological polar surface area (TPSA) is 32.3 Å². The van der Waals surface area contributed by atoms with E-state index in [0.717, 1.165) is 18.4 Å². The van der Waals surface area contributed by atoms with Gasteiger partial charge in [0, 0.05) is 6.04 Å². The molecule has 3 heteroatoms. The second-order valence-electron chi connectivity index (χ2n) is 3.34. The molecule has 0 fully saturated rings. The van der Waals surface area contributed by atoms with Crippen LogP contribution in [0.25, 0.3) is 0 Å². The van der Waals surface area contributed by atoms with Crippen molar-refractivity contribution in [1.82, 2.24) is 0 Å². The quantitative estimate of drug-likeness (QED) is 0.688. The average Bonchev–Trinajstić information content (AvgIpc) is 2.18. The smallest absolute Gasteiger partial charge is 0.146 e. The summed E-state index contributed by atoms with van der Waals surface area (Å²) in [6.07, 6.45) is 1.71. The van der Waals surface area contributed by atoms with E-state index < -0.39 is 0 Å². The molecule has 2 N–H and O–H groups in total. The number of fused-ring (bicyclic) bond motifs is 1. The van der Waals surface area contributed by atoms with Gasteiger partial charge in [0.15, 0.2) is 0 Å². The molecule has 0 unspecified atom stereocenters. The van der Waals surface area contributed by atoms with Crippen molar-refractivity contribution in [1.29, 1.82) is 0 Å². The first-order chi connectivity index (χ1) is 6.31. The molecule has 1 atom stereocenters. The first-order valence-corrected chi connectivity index (χ1v) is 4.46. The number of aryl methyl sites for hydroxylation is 1. The third-order valence-corrected chi connectivity index (χ3v) is 2.43. The molecular formula is C10H12FNO. The van der Waals surface area contributed by atoms with Crippen molar-refractivity contribution < 1.29 is 9.50 Å². The zero-order chi connectivity index (χ0) is 9.26. The zero-order valence-electron chi connectivity index (χ0n) is 7.26. The van der Waals surface area contributed by atoms with Crippen LogP contribution in [-0.4, -0.2) is 17.8 Å². The van der Waals surface area contributed by atoms with Crippen LogP contribution in [0.1, 0.15) is 12.0 Å². The Morgan fingerprint density at radius 1 is 1.54 bits per heavy atom. The van der Waals surface area contributed by atoms with Crippen molar-refractivity contribution >= 4 is 5.69 Å². The van der Waals surface area contributed by atoms with E-state index in [1.165, 1.54) is 6.07 Å². The third kappa shape index (κ3) is 1.52. The molecule has 0 amide bonds. The maximum absolute atomic E-state index is 13.2. The Hall–Kier alpha value is -1.09. The lowest BCUT2D eigenvalue weighted by Gasteiger charge is -2.25. The van der Waals surface area contributed by atoms with Crippen molar-refractivity contribution in [2.24, 2.45) is 0 Å². The minimum absolute atomic E-state index is 0.00407. The Bertz CT molecular complexity index is 314. The van der Waals surface area contributed by atoms with Crippen molar-refractivity contribution in [3.05, 3.63) is 29.6 Å². The lowest BCUT2D eigenvalue weighted by atomic mass is 9.98. The van der Waals surface area contributed by atoms with Gasteiger partial charge in [-0.15, -0.1) is 0 Å². The van der Waals surface area contributed by atoms with Crippen LogP contribution in [0, 0.1) is 5.82 Å². The Kier molecular flexibility index (Phi) is 2.19. The Labute approximate surface area is 76.4 Å². The fraction of sp³-hybridized carbons (Fsp3) is 0.400. The zero-order valence-corrected chi connectivity index (χ0v) is 7.26. The summed E-state index contributed by atoms with van der Waals surface area (Å²) in [5.74, 6) is -0.226. The summed E-state index contributed by atoms with van der Waals surface area (Å²) >= 11 is 0. The number of para-hydroxylation sites is 1. The SMILES string of the molecule is OC[C@@H]1CCc2cccc(F)c2N1. The van der Waals surface area contributed by atoms with Crippen LogP contribution in [0.15, 0.2) is 18.2 Å². The summed E-state index contributed by atoms with van der Waals surface area (Å²) in [4.78, 5) is 0. The molecule has 0 spiro atoms. The van der Waals surface area contributed by atoms with E-state index in [-0.39, 0.29) is 18.5 Å². The highest BCUT2D eigenvalue weighted by atomic mass is 19.1. The number of rotatable bonds is 1. The Morgan fingerprint density at radius 3 is 3.15 bits per heavy atom. The number of aliphatic hydroxyl groups is 1. The minimum Gasteiger partial charge on any atom is -0.394 e. The van der Waals surface area contributed by atoms with Crippen LogP contribution in [-0.2, 0) is 6.42 Å². The molecule has 0 aliphatic carbocycles. The van der Waals surface area contributed by atoms with Gasteiger partial charge in [-0.2, -0.15) is 0 Å². The Balaban J connectivity index is 2.32. The van der Waals surface area contributed by atoms with E-state index in [9.17, 15) is 4.39 Å². The first-order valence-electron chi connectivity index (χ1n) is 4.46. The van der Waals surface area contributed by atoms with E-state index in [4.69, 9.17) is 5.11 Å². The summed E-state index contributed by atoms with van der Waals surface area (Å²) < 4.78 is 13.2. The van der Waals surface area contributed by atoms with Gasteiger partial charge in [0.05, 0.1) is 12.3 Å². The van der Waals surface area contributed by atoms with Crippen LogP contribution < -0.4 is 5.32 Å². The van der Waals surface area contributed by atoms with Crippen molar-refractivity contribution in [3.63, 3.8) is 0 Å². The summed E-state index contributed by atoms with van der Waals surface area (Å²) in [5, 5.41) is 11.9. The fourth-order valence-electron chi connectivity index (χ4n) is 1.68. The molecule has 2 nitrogen and oxygen atoms in total. The van der Waals surface area contributed by atoms with Gasteiger partial charge in [-0.25, -0.2) is 4.39 Å². The predicted molar refractivity (Wildman–Crippen MR) is 49.2 cm³/mol. The van der Waals surface area contributed by atoms with E-state index >= 15 is 0 Å². The summed E-state index contributed by atoms with van der Waals surface area (Å²) in [6, 6.07) is 5.07. The maximum Gasteiger partial charge on any atom is 0.146 e. The van der Waals surface area contributed by atoms with Crippen molar-refractivity contribution in [2.45, 2.75) is 18.9 Å². The minimum atomic E-state index is -0.226. The van der Waals surface area contributed by atoms with E-state index in [1.807, 2.05) is 6.07 Å². The molecule has 0 radical (unpaired) electrons. The second-order valence-corrected chi connectivity index (χ2v) is 3.34. The fourth-order valence-corrected chi connectivity index (χ4v) is 1.68.